The zero-order valence-electron chi connectivity index (χ0n) is 19.1. The van der Waals surface area contributed by atoms with Crippen molar-refractivity contribution in [1.29, 1.82) is 0 Å². The lowest BCUT2D eigenvalue weighted by atomic mass is 9.94. The Morgan fingerprint density at radius 3 is 2.55 bits per heavy atom. The molecule has 1 aliphatic rings. The van der Waals surface area contributed by atoms with E-state index in [1.165, 1.54) is 25.0 Å². The molecule has 172 valence electrons. The number of hydrogen-bond donors (Lipinski definition) is 1. The van der Waals surface area contributed by atoms with Crippen LogP contribution in [0.5, 0.6) is 0 Å². The van der Waals surface area contributed by atoms with E-state index in [-0.39, 0.29) is 30.1 Å². The van der Waals surface area contributed by atoms with Gasteiger partial charge >= 0.3 is 0 Å². The second-order valence-electron chi connectivity index (χ2n) is 8.60. The summed E-state index contributed by atoms with van der Waals surface area (Å²) < 4.78 is 1.68. The molecule has 1 saturated carbocycles. The highest BCUT2D eigenvalue weighted by Crippen LogP contribution is 2.28. The molecule has 0 aliphatic heterocycles. The predicted molar refractivity (Wildman–Crippen MR) is 124 cm³/mol. The molecule has 33 heavy (non-hydrogen) atoms. The number of rotatable bonds is 7. The summed E-state index contributed by atoms with van der Waals surface area (Å²) in [6.45, 7) is 2.12. The van der Waals surface area contributed by atoms with Crippen LogP contribution >= 0.6 is 0 Å². The summed E-state index contributed by atoms with van der Waals surface area (Å²) in [4.78, 5) is 37.3. The Kier molecular flexibility index (Phi) is 7.12. The summed E-state index contributed by atoms with van der Waals surface area (Å²) in [6.07, 6.45) is 11.6. The molecule has 4 rings (SSSR count). The third-order valence-corrected chi connectivity index (χ3v) is 6.10. The summed E-state index contributed by atoms with van der Waals surface area (Å²) in [7, 11) is 1.82. The number of aromatic nitrogens is 4. The molecule has 1 atom stereocenters. The smallest absolute Gasteiger partial charge is 0.275 e. The normalized spacial score (nSPS) is 15.1. The van der Waals surface area contributed by atoms with Crippen molar-refractivity contribution in [2.45, 2.75) is 57.7 Å². The highest BCUT2D eigenvalue weighted by molar-refractivity contribution is 5.96. The van der Waals surface area contributed by atoms with Gasteiger partial charge in [-0.1, -0.05) is 49.6 Å². The Bertz CT molecular complexity index is 1080. The van der Waals surface area contributed by atoms with Gasteiger partial charge in [0.2, 0.25) is 5.91 Å². The van der Waals surface area contributed by atoms with Gasteiger partial charge in [-0.15, -0.1) is 0 Å². The van der Waals surface area contributed by atoms with Crippen LogP contribution in [0.1, 0.15) is 65.5 Å². The minimum absolute atomic E-state index is 0.121. The third-order valence-electron chi connectivity index (χ3n) is 6.10. The van der Waals surface area contributed by atoms with E-state index in [0.717, 1.165) is 31.2 Å². The van der Waals surface area contributed by atoms with Gasteiger partial charge < -0.3 is 10.2 Å². The molecule has 0 spiro atoms. The molecule has 2 aromatic heterocycles. The molecule has 8 nitrogen and oxygen atoms in total. The fraction of sp³-hybridized carbons (Fsp3) is 0.400. The number of aryl methyl sites for hydroxylation is 2. The van der Waals surface area contributed by atoms with Crippen molar-refractivity contribution in [3.8, 4) is 0 Å². The van der Waals surface area contributed by atoms with Gasteiger partial charge in [-0.25, -0.2) is 4.98 Å². The van der Waals surface area contributed by atoms with Crippen molar-refractivity contribution in [1.82, 2.24) is 30.0 Å². The first-order chi connectivity index (χ1) is 16.0. The molecule has 0 radical (unpaired) electrons. The van der Waals surface area contributed by atoms with Crippen molar-refractivity contribution in [2.24, 2.45) is 7.05 Å². The second-order valence-corrected chi connectivity index (χ2v) is 8.60. The van der Waals surface area contributed by atoms with Gasteiger partial charge in [-0.2, -0.15) is 5.10 Å². The van der Waals surface area contributed by atoms with Crippen LogP contribution in [0, 0.1) is 6.92 Å². The summed E-state index contributed by atoms with van der Waals surface area (Å²) in [5.74, 6) is -0.537. The minimum atomic E-state index is -0.838. The fourth-order valence-electron chi connectivity index (χ4n) is 4.48. The number of nitrogens with one attached hydrogen (secondary N) is 1. The van der Waals surface area contributed by atoms with Crippen LogP contribution in [-0.2, 0) is 18.4 Å². The number of benzene rings is 1. The molecule has 0 bridgehead atoms. The maximum Gasteiger partial charge on any atom is 0.275 e. The molecular weight excluding hydrogens is 416 g/mol. The van der Waals surface area contributed by atoms with E-state index in [1.807, 2.05) is 50.5 Å². The predicted octanol–water partition coefficient (Wildman–Crippen LogP) is 3.35. The Morgan fingerprint density at radius 1 is 1.15 bits per heavy atom. The van der Waals surface area contributed by atoms with Crippen LogP contribution in [0.3, 0.4) is 0 Å². The van der Waals surface area contributed by atoms with Gasteiger partial charge in [0.05, 0.1) is 11.9 Å². The molecule has 1 aromatic carbocycles. The van der Waals surface area contributed by atoms with Crippen LogP contribution in [0.4, 0.5) is 0 Å². The Balaban J connectivity index is 1.74. The van der Waals surface area contributed by atoms with Crippen molar-refractivity contribution in [2.75, 3.05) is 0 Å². The SMILES string of the molecule is Cc1nn(C)cc1C(C(=O)NC1CCCCC1)N(Cc1ccccc1)C(=O)c1cnccn1. The molecule has 3 aromatic rings. The summed E-state index contributed by atoms with van der Waals surface area (Å²) in [6, 6.07) is 8.95. The molecule has 2 amide bonds. The first-order valence-corrected chi connectivity index (χ1v) is 11.4. The Hall–Kier alpha value is -3.55. The lowest BCUT2D eigenvalue weighted by Gasteiger charge is -2.33. The fourth-order valence-corrected chi connectivity index (χ4v) is 4.48. The summed E-state index contributed by atoms with van der Waals surface area (Å²) in [5.41, 5.74) is 2.54. The molecule has 8 heteroatoms. The highest BCUT2D eigenvalue weighted by atomic mass is 16.2. The molecular formula is C25H30N6O2. The van der Waals surface area contributed by atoms with Crippen molar-refractivity contribution in [3.05, 3.63) is 77.6 Å². The maximum atomic E-state index is 13.8. The zero-order valence-corrected chi connectivity index (χ0v) is 19.1. The number of carbonyl (C=O) groups excluding carboxylic acids is 2. The van der Waals surface area contributed by atoms with E-state index in [4.69, 9.17) is 0 Å². The van der Waals surface area contributed by atoms with E-state index in [1.54, 1.807) is 9.58 Å². The second kappa shape index (κ2) is 10.4. The first-order valence-electron chi connectivity index (χ1n) is 11.4. The molecule has 0 saturated heterocycles. The van der Waals surface area contributed by atoms with E-state index in [2.05, 4.69) is 20.4 Å². The van der Waals surface area contributed by atoms with E-state index in [0.29, 0.717) is 11.3 Å². The maximum absolute atomic E-state index is 13.8. The van der Waals surface area contributed by atoms with Crippen LogP contribution in [0.15, 0.2) is 55.1 Å². The quantitative estimate of drug-likeness (QED) is 0.601. The summed E-state index contributed by atoms with van der Waals surface area (Å²) >= 11 is 0. The van der Waals surface area contributed by atoms with Crippen molar-refractivity contribution >= 4 is 11.8 Å². The number of amides is 2. The van der Waals surface area contributed by atoms with E-state index in [9.17, 15) is 9.59 Å². The van der Waals surface area contributed by atoms with Crippen LogP contribution < -0.4 is 5.32 Å². The largest absolute Gasteiger partial charge is 0.351 e. The average Bonchev–Trinajstić information content (AvgIpc) is 3.17. The van der Waals surface area contributed by atoms with Crippen molar-refractivity contribution in [3.63, 3.8) is 0 Å². The van der Waals surface area contributed by atoms with Gasteiger partial charge in [-0.05, 0) is 25.3 Å². The standard InChI is InChI=1S/C25H30N6O2/c1-18-21(17-30(2)29-18)23(24(32)28-20-11-7-4-8-12-20)31(16-19-9-5-3-6-10-19)25(33)22-15-26-13-14-27-22/h3,5-6,9-10,13-15,17,20,23H,4,7-8,11-12,16H2,1-2H3,(H,28,32). The van der Waals surface area contributed by atoms with Crippen molar-refractivity contribution < 1.29 is 9.59 Å². The van der Waals surface area contributed by atoms with Gasteiger partial charge in [0, 0.05) is 43.8 Å². The molecule has 1 aliphatic carbocycles. The number of carbonyl (C=O) groups is 2. The number of nitrogens with zero attached hydrogens (tertiary/aromatic N) is 5. The first kappa shape index (κ1) is 22.6. The van der Waals surface area contributed by atoms with Crippen LogP contribution in [0.2, 0.25) is 0 Å². The summed E-state index contributed by atoms with van der Waals surface area (Å²) in [5, 5.41) is 7.67. The van der Waals surface area contributed by atoms with Crippen LogP contribution in [-0.4, -0.2) is 42.5 Å². The number of hydrogen-bond acceptors (Lipinski definition) is 5. The van der Waals surface area contributed by atoms with E-state index >= 15 is 0 Å². The van der Waals surface area contributed by atoms with E-state index < -0.39 is 6.04 Å². The third kappa shape index (κ3) is 5.45. The molecule has 1 fully saturated rings. The Morgan fingerprint density at radius 2 is 1.91 bits per heavy atom. The molecule has 1 unspecified atom stereocenters. The Labute approximate surface area is 194 Å². The lowest BCUT2D eigenvalue weighted by molar-refractivity contribution is -0.127. The average molecular weight is 447 g/mol. The minimum Gasteiger partial charge on any atom is -0.351 e. The molecule has 2 heterocycles. The van der Waals surface area contributed by atoms with Gasteiger partial charge in [0.15, 0.2) is 0 Å². The van der Waals surface area contributed by atoms with Crippen LogP contribution in [0.25, 0.3) is 0 Å². The topological polar surface area (TPSA) is 93.0 Å². The highest BCUT2D eigenvalue weighted by Gasteiger charge is 2.36. The van der Waals surface area contributed by atoms with Gasteiger partial charge in [-0.3, -0.25) is 19.3 Å². The van der Waals surface area contributed by atoms with Gasteiger partial charge in [0.25, 0.3) is 5.91 Å². The monoisotopic (exact) mass is 446 g/mol. The molecule has 1 N–H and O–H groups in total. The van der Waals surface area contributed by atoms with Gasteiger partial charge in [0.1, 0.15) is 11.7 Å². The lowest BCUT2D eigenvalue weighted by Crippen LogP contribution is -2.47. The zero-order chi connectivity index (χ0) is 23.2.